The smallest absolute Gasteiger partial charge is 0.323 e. The Balaban J connectivity index is 2.90. The van der Waals surface area contributed by atoms with Crippen LogP contribution < -0.4 is 0 Å². The zero-order valence-corrected chi connectivity index (χ0v) is 12.9. The average molecular weight is 302 g/mol. The van der Waals surface area contributed by atoms with E-state index in [1.54, 1.807) is 13.8 Å². The van der Waals surface area contributed by atoms with Crippen molar-refractivity contribution in [2.24, 2.45) is 0 Å². The van der Waals surface area contributed by atoms with E-state index in [-0.39, 0.29) is 25.0 Å². The molecule has 1 N–H and O–H groups in total. The molecule has 0 bridgehead atoms. The molecule has 0 radical (unpaired) electrons. The molecule has 1 heterocycles. The van der Waals surface area contributed by atoms with Gasteiger partial charge in [0.15, 0.2) is 0 Å². The third-order valence-electron chi connectivity index (χ3n) is 3.33. The molecule has 0 aliphatic carbocycles. The lowest BCUT2D eigenvalue weighted by Gasteiger charge is -2.27. The van der Waals surface area contributed by atoms with E-state index in [0.29, 0.717) is 22.8 Å². The van der Waals surface area contributed by atoms with Gasteiger partial charge in [0.05, 0.1) is 16.4 Å². The molecule has 0 aliphatic rings. The largest absolute Gasteiger partial charge is 0.480 e. The fourth-order valence-corrected chi connectivity index (χ4v) is 2.04. The van der Waals surface area contributed by atoms with Gasteiger partial charge in [-0.05, 0) is 27.2 Å². The minimum Gasteiger partial charge on any atom is -0.480 e. The molecule has 0 saturated carbocycles. The first-order chi connectivity index (χ1) is 9.27. The fraction of sp³-hybridized carbons (Fsp3) is 0.615. The SMILES string of the molecule is CC[C@H](C)N(CC(=O)O)C(=O)Cn1nc(C)c(Cl)c1C. The van der Waals surface area contributed by atoms with Gasteiger partial charge in [-0.15, -0.1) is 0 Å². The van der Waals surface area contributed by atoms with E-state index in [4.69, 9.17) is 16.7 Å². The van der Waals surface area contributed by atoms with E-state index in [2.05, 4.69) is 5.10 Å². The zero-order chi connectivity index (χ0) is 15.4. The third kappa shape index (κ3) is 3.72. The zero-order valence-electron chi connectivity index (χ0n) is 12.2. The molecule has 1 aromatic heterocycles. The van der Waals surface area contributed by atoms with E-state index in [0.717, 1.165) is 0 Å². The van der Waals surface area contributed by atoms with Crippen LogP contribution in [-0.4, -0.2) is 44.3 Å². The number of hydrogen-bond acceptors (Lipinski definition) is 3. The van der Waals surface area contributed by atoms with Crippen LogP contribution >= 0.6 is 11.6 Å². The van der Waals surface area contributed by atoms with Crippen molar-refractivity contribution in [3.63, 3.8) is 0 Å². The molecule has 0 aliphatic heterocycles. The second-order valence-electron chi connectivity index (χ2n) is 4.82. The van der Waals surface area contributed by atoms with Gasteiger partial charge >= 0.3 is 5.97 Å². The van der Waals surface area contributed by atoms with Crippen molar-refractivity contribution in [2.75, 3.05) is 6.54 Å². The Hall–Kier alpha value is -1.56. The van der Waals surface area contributed by atoms with Gasteiger partial charge in [0, 0.05) is 6.04 Å². The predicted molar refractivity (Wildman–Crippen MR) is 75.8 cm³/mol. The Kier molecular flexibility index (Phi) is 5.56. The molecule has 0 saturated heterocycles. The summed E-state index contributed by atoms with van der Waals surface area (Å²) in [6, 6.07) is -0.133. The summed E-state index contributed by atoms with van der Waals surface area (Å²) in [6.45, 7) is 6.97. The maximum Gasteiger partial charge on any atom is 0.323 e. The number of amides is 1. The van der Waals surface area contributed by atoms with E-state index >= 15 is 0 Å². The number of carbonyl (C=O) groups excluding carboxylic acids is 1. The monoisotopic (exact) mass is 301 g/mol. The van der Waals surface area contributed by atoms with Crippen molar-refractivity contribution in [2.45, 2.75) is 46.7 Å². The van der Waals surface area contributed by atoms with Crippen molar-refractivity contribution in [3.8, 4) is 0 Å². The van der Waals surface area contributed by atoms with Crippen LogP contribution in [0.2, 0.25) is 5.02 Å². The van der Waals surface area contributed by atoms with Gasteiger partial charge < -0.3 is 10.0 Å². The minimum absolute atomic E-state index is 0.00296. The minimum atomic E-state index is -1.02. The van der Waals surface area contributed by atoms with Crippen molar-refractivity contribution in [1.82, 2.24) is 14.7 Å². The predicted octanol–water partition coefficient (Wildman–Crippen LogP) is 1.87. The topological polar surface area (TPSA) is 75.4 Å². The molecule has 0 aromatic carbocycles. The molecular formula is C13H20ClN3O3. The Morgan fingerprint density at radius 2 is 2.05 bits per heavy atom. The number of aryl methyl sites for hydroxylation is 1. The molecule has 112 valence electrons. The average Bonchev–Trinajstić information content (AvgIpc) is 2.62. The second-order valence-corrected chi connectivity index (χ2v) is 5.19. The molecular weight excluding hydrogens is 282 g/mol. The van der Waals surface area contributed by atoms with E-state index in [1.807, 2.05) is 13.8 Å². The Morgan fingerprint density at radius 3 is 2.45 bits per heavy atom. The molecule has 1 rings (SSSR count). The van der Waals surface area contributed by atoms with Crippen molar-refractivity contribution in [1.29, 1.82) is 0 Å². The quantitative estimate of drug-likeness (QED) is 0.870. The number of aliphatic carboxylic acids is 1. The lowest BCUT2D eigenvalue weighted by Crippen LogP contribution is -2.43. The number of aromatic nitrogens is 2. The Bertz CT molecular complexity index is 513. The summed E-state index contributed by atoms with van der Waals surface area (Å²) >= 11 is 6.03. The van der Waals surface area contributed by atoms with Crippen molar-refractivity contribution >= 4 is 23.5 Å². The number of carboxylic acid groups (broad SMARTS) is 1. The molecule has 1 atom stereocenters. The van der Waals surface area contributed by atoms with E-state index < -0.39 is 5.97 Å². The second kappa shape index (κ2) is 6.74. The van der Waals surface area contributed by atoms with Crippen LogP contribution in [0, 0.1) is 13.8 Å². The van der Waals surface area contributed by atoms with Crippen molar-refractivity contribution in [3.05, 3.63) is 16.4 Å². The lowest BCUT2D eigenvalue weighted by molar-refractivity contribution is -0.146. The first-order valence-electron chi connectivity index (χ1n) is 6.48. The van der Waals surface area contributed by atoms with Gasteiger partial charge in [-0.25, -0.2) is 0 Å². The van der Waals surface area contributed by atoms with Gasteiger partial charge in [0.25, 0.3) is 0 Å². The number of carbonyl (C=O) groups is 2. The summed E-state index contributed by atoms with van der Waals surface area (Å²) in [4.78, 5) is 24.5. The van der Waals surface area contributed by atoms with Crippen LogP contribution in [0.3, 0.4) is 0 Å². The summed E-state index contributed by atoms with van der Waals surface area (Å²) in [5.41, 5.74) is 1.36. The summed E-state index contributed by atoms with van der Waals surface area (Å²) in [5.74, 6) is -1.30. The van der Waals surface area contributed by atoms with Crippen LogP contribution in [0.1, 0.15) is 31.7 Å². The van der Waals surface area contributed by atoms with Gasteiger partial charge in [0.2, 0.25) is 5.91 Å². The molecule has 0 fully saturated rings. The molecule has 0 spiro atoms. The standard InChI is InChI=1S/C13H20ClN3O3/c1-5-8(2)16(7-12(19)20)11(18)6-17-10(4)13(14)9(3)15-17/h8H,5-7H2,1-4H3,(H,19,20)/t8-/m0/s1. The van der Waals surface area contributed by atoms with E-state index in [9.17, 15) is 9.59 Å². The Labute approximate surface area is 123 Å². The van der Waals surface area contributed by atoms with Gasteiger partial charge in [-0.2, -0.15) is 5.10 Å². The van der Waals surface area contributed by atoms with E-state index in [1.165, 1.54) is 9.58 Å². The maximum atomic E-state index is 12.3. The number of nitrogens with zero attached hydrogens (tertiary/aromatic N) is 3. The molecule has 0 unspecified atom stereocenters. The highest BCUT2D eigenvalue weighted by molar-refractivity contribution is 6.31. The third-order valence-corrected chi connectivity index (χ3v) is 3.87. The lowest BCUT2D eigenvalue weighted by atomic mass is 10.2. The molecule has 20 heavy (non-hydrogen) atoms. The first kappa shape index (κ1) is 16.5. The molecule has 6 nitrogen and oxygen atoms in total. The summed E-state index contributed by atoms with van der Waals surface area (Å²) in [5, 5.41) is 13.6. The highest BCUT2D eigenvalue weighted by Gasteiger charge is 2.23. The van der Waals surface area contributed by atoms with Gasteiger partial charge in [-0.3, -0.25) is 14.3 Å². The van der Waals surface area contributed by atoms with Crippen LogP contribution in [0.4, 0.5) is 0 Å². The number of halogens is 1. The Morgan fingerprint density at radius 1 is 1.45 bits per heavy atom. The number of carboxylic acids is 1. The molecule has 7 heteroatoms. The van der Waals surface area contributed by atoms with Crippen LogP contribution in [0.5, 0.6) is 0 Å². The fourth-order valence-electron chi connectivity index (χ4n) is 1.90. The molecule has 1 aromatic rings. The highest BCUT2D eigenvalue weighted by Crippen LogP contribution is 2.19. The highest BCUT2D eigenvalue weighted by atomic mass is 35.5. The number of rotatable bonds is 6. The van der Waals surface area contributed by atoms with Crippen LogP contribution in [0.25, 0.3) is 0 Å². The van der Waals surface area contributed by atoms with Crippen LogP contribution in [-0.2, 0) is 16.1 Å². The first-order valence-corrected chi connectivity index (χ1v) is 6.86. The molecule has 1 amide bonds. The van der Waals surface area contributed by atoms with Crippen LogP contribution in [0.15, 0.2) is 0 Å². The summed E-state index contributed by atoms with van der Waals surface area (Å²) < 4.78 is 1.51. The normalized spacial score (nSPS) is 12.2. The van der Waals surface area contributed by atoms with Gasteiger partial charge in [-0.1, -0.05) is 18.5 Å². The number of hydrogen-bond donors (Lipinski definition) is 1. The summed E-state index contributed by atoms with van der Waals surface area (Å²) in [6.07, 6.45) is 0.691. The summed E-state index contributed by atoms with van der Waals surface area (Å²) in [7, 11) is 0. The van der Waals surface area contributed by atoms with Crippen molar-refractivity contribution < 1.29 is 14.7 Å². The van der Waals surface area contributed by atoms with Gasteiger partial charge in [0.1, 0.15) is 13.1 Å². The maximum absolute atomic E-state index is 12.3.